The number of carbonyl (C=O) groups is 1. The molecule has 0 heterocycles. The second kappa shape index (κ2) is 7.34. The highest BCUT2D eigenvalue weighted by Crippen LogP contribution is 2.29. The minimum absolute atomic E-state index is 0.428. The summed E-state index contributed by atoms with van der Waals surface area (Å²) in [5.74, 6) is -0.580. The number of rotatable bonds is 5. The van der Waals surface area contributed by atoms with E-state index in [1.165, 1.54) is 0 Å². The molecule has 0 saturated heterocycles. The van der Waals surface area contributed by atoms with E-state index in [4.69, 9.17) is 27.9 Å². The minimum Gasteiger partial charge on any atom is -0.545 e. The fourth-order valence-electron chi connectivity index (χ4n) is 2.06. The van der Waals surface area contributed by atoms with Crippen molar-refractivity contribution in [1.29, 1.82) is 0 Å². The first-order valence-corrected chi connectivity index (χ1v) is 7.37. The molecule has 114 valence electrons. The lowest BCUT2D eigenvalue weighted by Crippen LogP contribution is -2.19. The Morgan fingerprint density at radius 3 is 2.18 bits per heavy atom. The molecule has 0 amide bonds. The van der Waals surface area contributed by atoms with Crippen LogP contribution in [0.4, 0.5) is 0 Å². The Hall–Kier alpha value is -1.97. The molecule has 0 radical (unpaired) electrons. The fraction of sp³-hybridized carbons (Fsp3) is 0.118. The van der Waals surface area contributed by atoms with Gasteiger partial charge in [0.05, 0.1) is 12.6 Å². The Morgan fingerprint density at radius 2 is 1.68 bits per heavy atom. The largest absolute Gasteiger partial charge is 0.545 e. The van der Waals surface area contributed by atoms with Gasteiger partial charge in [0, 0.05) is 10.0 Å². The average Bonchev–Trinajstić information content (AvgIpc) is 2.45. The molecule has 22 heavy (non-hydrogen) atoms. The van der Waals surface area contributed by atoms with Crippen LogP contribution in [0.3, 0.4) is 0 Å². The molecule has 2 aromatic carbocycles. The van der Waals surface area contributed by atoms with Gasteiger partial charge >= 0.3 is 0 Å². The van der Waals surface area contributed by atoms with Crippen LogP contribution in [0.25, 0.3) is 5.57 Å². The van der Waals surface area contributed by atoms with Crippen LogP contribution in [-0.2, 0) is 4.79 Å². The van der Waals surface area contributed by atoms with Crippen LogP contribution in [0.5, 0.6) is 5.75 Å². The van der Waals surface area contributed by atoms with Crippen molar-refractivity contribution in [2.24, 2.45) is 0 Å². The molecule has 5 heteroatoms. The molecular formula is C17H13Cl2O3-. The fourth-order valence-corrected chi connectivity index (χ4v) is 2.58. The van der Waals surface area contributed by atoms with E-state index in [-0.39, 0.29) is 0 Å². The molecule has 3 nitrogen and oxygen atoms in total. The van der Waals surface area contributed by atoms with Gasteiger partial charge < -0.3 is 14.6 Å². The SMILES string of the molecule is CCOc1ccc(/C(=C/C(=O)[O-])c2cc(Cl)cc(Cl)c2)cc1. The van der Waals surface area contributed by atoms with Crippen LogP contribution < -0.4 is 9.84 Å². The maximum atomic E-state index is 11.0. The van der Waals surface area contributed by atoms with Gasteiger partial charge in [-0.05, 0) is 60.0 Å². The van der Waals surface area contributed by atoms with Crippen LogP contribution in [0, 0.1) is 0 Å². The summed E-state index contributed by atoms with van der Waals surface area (Å²) < 4.78 is 5.38. The van der Waals surface area contributed by atoms with Gasteiger partial charge in [0.25, 0.3) is 0 Å². The van der Waals surface area contributed by atoms with Crippen molar-refractivity contribution in [2.75, 3.05) is 6.61 Å². The Morgan fingerprint density at radius 1 is 1.09 bits per heavy atom. The molecule has 0 aliphatic rings. The smallest absolute Gasteiger partial charge is 0.119 e. The summed E-state index contributed by atoms with van der Waals surface area (Å²) in [5, 5.41) is 11.9. The highest BCUT2D eigenvalue weighted by molar-refractivity contribution is 6.35. The third-order valence-corrected chi connectivity index (χ3v) is 3.35. The van der Waals surface area contributed by atoms with Crippen molar-refractivity contribution in [3.63, 3.8) is 0 Å². The van der Waals surface area contributed by atoms with Crippen molar-refractivity contribution in [2.45, 2.75) is 6.92 Å². The predicted molar refractivity (Wildman–Crippen MR) is 86.2 cm³/mol. The van der Waals surface area contributed by atoms with Gasteiger partial charge in [0.1, 0.15) is 5.75 Å². The highest BCUT2D eigenvalue weighted by atomic mass is 35.5. The van der Waals surface area contributed by atoms with Crippen molar-refractivity contribution in [1.82, 2.24) is 0 Å². The number of aliphatic carboxylic acids is 1. The van der Waals surface area contributed by atoms with E-state index < -0.39 is 5.97 Å². The first kappa shape index (κ1) is 16.4. The lowest BCUT2D eigenvalue weighted by Gasteiger charge is -2.11. The zero-order valence-electron chi connectivity index (χ0n) is 11.8. The molecule has 0 N–H and O–H groups in total. The van der Waals surface area contributed by atoms with Gasteiger partial charge in [-0.2, -0.15) is 0 Å². The second-order valence-corrected chi connectivity index (χ2v) is 5.37. The predicted octanol–water partition coefficient (Wildman–Crippen LogP) is 3.57. The van der Waals surface area contributed by atoms with Crippen molar-refractivity contribution in [3.05, 3.63) is 69.7 Å². The Bertz CT molecular complexity index is 686. The Labute approximate surface area is 138 Å². The van der Waals surface area contributed by atoms with E-state index in [0.29, 0.717) is 39.1 Å². The van der Waals surface area contributed by atoms with E-state index >= 15 is 0 Å². The molecule has 0 aromatic heterocycles. The van der Waals surface area contributed by atoms with E-state index in [0.717, 1.165) is 6.08 Å². The quantitative estimate of drug-likeness (QED) is 0.784. The maximum Gasteiger partial charge on any atom is 0.119 e. The molecule has 0 aliphatic carbocycles. The lowest BCUT2D eigenvalue weighted by molar-refractivity contribution is -0.297. The number of hydrogen-bond donors (Lipinski definition) is 0. The van der Waals surface area contributed by atoms with E-state index in [2.05, 4.69) is 0 Å². The van der Waals surface area contributed by atoms with Crippen LogP contribution in [0.1, 0.15) is 18.1 Å². The number of carboxylic acids is 1. The van der Waals surface area contributed by atoms with Crippen molar-refractivity contribution < 1.29 is 14.6 Å². The third-order valence-electron chi connectivity index (χ3n) is 2.91. The topological polar surface area (TPSA) is 49.4 Å². The Kier molecular flexibility index (Phi) is 5.47. The molecule has 2 aromatic rings. The summed E-state index contributed by atoms with van der Waals surface area (Å²) in [5.41, 5.74) is 1.77. The van der Waals surface area contributed by atoms with Crippen LogP contribution in [-0.4, -0.2) is 12.6 Å². The summed E-state index contributed by atoms with van der Waals surface area (Å²) in [4.78, 5) is 11.0. The summed E-state index contributed by atoms with van der Waals surface area (Å²) in [6.07, 6.45) is 1.03. The average molecular weight is 336 g/mol. The first-order valence-electron chi connectivity index (χ1n) is 6.62. The zero-order valence-corrected chi connectivity index (χ0v) is 13.3. The molecular weight excluding hydrogens is 323 g/mol. The lowest BCUT2D eigenvalue weighted by atomic mass is 9.97. The summed E-state index contributed by atoms with van der Waals surface area (Å²) in [7, 11) is 0. The molecule has 0 unspecified atom stereocenters. The van der Waals surface area contributed by atoms with Gasteiger partial charge in [-0.25, -0.2) is 0 Å². The zero-order chi connectivity index (χ0) is 16.1. The first-order chi connectivity index (χ1) is 10.5. The molecule has 0 bridgehead atoms. The normalized spacial score (nSPS) is 11.3. The van der Waals surface area contributed by atoms with Crippen LogP contribution in [0.2, 0.25) is 10.0 Å². The highest BCUT2D eigenvalue weighted by Gasteiger charge is 2.08. The third kappa shape index (κ3) is 4.26. The van der Waals surface area contributed by atoms with Gasteiger partial charge in [-0.15, -0.1) is 0 Å². The summed E-state index contributed by atoms with van der Waals surface area (Å²) in [6, 6.07) is 12.0. The monoisotopic (exact) mass is 335 g/mol. The summed E-state index contributed by atoms with van der Waals surface area (Å²) in [6.45, 7) is 2.45. The van der Waals surface area contributed by atoms with Crippen molar-refractivity contribution in [3.8, 4) is 5.75 Å². The van der Waals surface area contributed by atoms with E-state index in [9.17, 15) is 9.90 Å². The number of carboxylic acid groups (broad SMARTS) is 1. The molecule has 0 fully saturated rings. The van der Waals surface area contributed by atoms with E-state index in [1.54, 1.807) is 42.5 Å². The second-order valence-electron chi connectivity index (χ2n) is 4.49. The standard InChI is InChI=1S/C17H14Cl2O3/c1-2-22-15-5-3-11(4-6-15)16(10-17(20)21)12-7-13(18)9-14(19)8-12/h3-10H,2H2,1H3,(H,20,21)/p-1/b16-10-. The summed E-state index contributed by atoms with van der Waals surface area (Å²) >= 11 is 12.0. The maximum absolute atomic E-state index is 11.0. The number of ether oxygens (including phenoxy) is 1. The Balaban J connectivity index is 2.48. The molecule has 0 saturated carbocycles. The molecule has 0 aliphatic heterocycles. The van der Waals surface area contributed by atoms with Gasteiger partial charge in [0.15, 0.2) is 0 Å². The van der Waals surface area contributed by atoms with E-state index in [1.807, 2.05) is 6.92 Å². The van der Waals surface area contributed by atoms with Crippen LogP contribution in [0.15, 0.2) is 48.5 Å². The van der Waals surface area contributed by atoms with Gasteiger partial charge in [0.2, 0.25) is 0 Å². The van der Waals surface area contributed by atoms with Crippen molar-refractivity contribution >= 4 is 34.7 Å². The number of halogens is 2. The van der Waals surface area contributed by atoms with Crippen LogP contribution >= 0.6 is 23.2 Å². The molecule has 2 rings (SSSR count). The number of carbonyl (C=O) groups excluding carboxylic acids is 1. The number of hydrogen-bond acceptors (Lipinski definition) is 3. The van der Waals surface area contributed by atoms with Gasteiger partial charge in [-0.3, -0.25) is 0 Å². The molecule has 0 spiro atoms. The minimum atomic E-state index is -1.29. The van der Waals surface area contributed by atoms with Gasteiger partial charge in [-0.1, -0.05) is 35.3 Å². The molecule has 0 atom stereocenters. The number of benzene rings is 2.